The van der Waals surface area contributed by atoms with Gasteiger partial charge in [-0.05, 0) is 31.9 Å². The molecule has 1 amide bonds. The van der Waals surface area contributed by atoms with E-state index in [1.165, 1.54) is 19.2 Å². The van der Waals surface area contributed by atoms with E-state index in [1.807, 2.05) is 37.3 Å². The minimum atomic E-state index is -0.152. The Hall–Kier alpha value is -2.43. The van der Waals surface area contributed by atoms with Crippen molar-refractivity contribution < 1.29 is 4.79 Å². The first-order valence-corrected chi connectivity index (χ1v) is 7.17. The van der Waals surface area contributed by atoms with E-state index in [-0.39, 0.29) is 5.91 Å². The van der Waals surface area contributed by atoms with E-state index >= 15 is 0 Å². The fourth-order valence-corrected chi connectivity index (χ4v) is 2.43. The van der Waals surface area contributed by atoms with Crippen molar-refractivity contribution >= 4 is 17.5 Å². The maximum Gasteiger partial charge on any atom is 0.256 e. The van der Waals surface area contributed by atoms with Gasteiger partial charge in [-0.1, -0.05) is 17.7 Å². The normalized spacial score (nSPS) is 14.2. The van der Waals surface area contributed by atoms with Crippen molar-refractivity contribution in [3.05, 3.63) is 47.8 Å². The maximum atomic E-state index is 12.2. The Bertz CT molecular complexity index is 633. The molecule has 0 atom stereocenters. The van der Waals surface area contributed by atoms with E-state index in [0.29, 0.717) is 11.4 Å². The molecule has 1 aliphatic rings. The van der Waals surface area contributed by atoms with Crippen LogP contribution in [0.15, 0.2) is 36.7 Å². The third-order valence-corrected chi connectivity index (χ3v) is 3.64. The van der Waals surface area contributed by atoms with Gasteiger partial charge in [0.15, 0.2) is 0 Å². The van der Waals surface area contributed by atoms with Gasteiger partial charge in [0.1, 0.15) is 18.0 Å². The topological polar surface area (TPSA) is 58.1 Å². The summed E-state index contributed by atoms with van der Waals surface area (Å²) >= 11 is 0. The number of hydrogen-bond donors (Lipinski definition) is 1. The summed E-state index contributed by atoms with van der Waals surface area (Å²) in [7, 11) is 0. The molecular formula is C16H18N4O. The van der Waals surface area contributed by atoms with Crippen LogP contribution in [-0.4, -0.2) is 29.0 Å². The summed E-state index contributed by atoms with van der Waals surface area (Å²) in [6.07, 6.45) is 3.88. The first-order valence-electron chi connectivity index (χ1n) is 7.17. The molecule has 2 heterocycles. The number of nitrogens with zero attached hydrogens (tertiary/aromatic N) is 3. The van der Waals surface area contributed by atoms with Gasteiger partial charge in [0.05, 0.1) is 0 Å². The highest BCUT2D eigenvalue weighted by atomic mass is 16.1. The molecule has 108 valence electrons. The van der Waals surface area contributed by atoms with Crippen LogP contribution >= 0.6 is 0 Å². The van der Waals surface area contributed by atoms with Crippen molar-refractivity contribution in [1.82, 2.24) is 9.97 Å². The number of carbonyl (C=O) groups is 1. The molecule has 0 aliphatic carbocycles. The minimum absolute atomic E-state index is 0.152. The lowest BCUT2D eigenvalue weighted by Gasteiger charge is -2.16. The summed E-state index contributed by atoms with van der Waals surface area (Å²) in [5.74, 6) is 1.26. The third-order valence-electron chi connectivity index (χ3n) is 3.64. The summed E-state index contributed by atoms with van der Waals surface area (Å²) in [4.78, 5) is 22.8. The Morgan fingerprint density at radius 1 is 1.14 bits per heavy atom. The Morgan fingerprint density at radius 2 is 1.86 bits per heavy atom. The number of benzene rings is 1. The Kier molecular flexibility index (Phi) is 3.81. The molecule has 3 rings (SSSR count). The first kappa shape index (κ1) is 13.5. The van der Waals surface area contributed by atoms with Gasteiger partial charge in [-0.3, -0.25) is 4.79 Å². The van der Waals surface area contributed by atoms with Gasteiger partial charge in [-0.15, -0.1) is 0 Å². The van der Waals surface area contributed by atoms with Crippen LogP contribution in [0.5, 0.6) is 0 Å². The largest absolute Gasteiger partial charge is 0.356 e. The zero-order chi connectivity index (χ0) is 14.7. The molecule has 1 N–H and O–H groups in total. The summed E-state index contributed by atoms with van der Waals surface area (Å²) in [6, 6.07) is 9.30. The average molecular weight is 282 g/mol. The highest BCUT2D eigenvalue weighted by Crippen LogP contribution is 2.19. The highest BCUT2D eigenvalue weighted by molar-refractivity contribution is 6.03. The van der Waals surface area contributed by atoms with Crippen LogP contribution in [0.4, 0.5) is 11.6 Å². The van der Waals surface area contributed by atoms with E-state index in [1.54, 1.807) is 0 Å². The molecular weight excluding hydrogens is 264 g/mol. The molecule has 1 aromatic carbocycles. The van der Waals surface area contributed by atoms with Crippen LogP contribution in [0.25, 0.3) is 0 Å². The Labute approximate surface area is 124 Å². The summed E-state index contributed by atoms with van der Waals surface area (Å²) in [5.41, 5.74) is 1.76. The third kappa shape index (κ3) is 3.18. The molecule has 5 heteroatoms. The molecule has 0 unspecified atom stereocenters. The second kappa shape index (κ2) is 5.91. The number of aromatic nitrogens is 2. The summed E-state index contributed by atoms with van der Waals surface area (Å²) in [6.45, 7) is 4.03. The van der Waals surface area contributed by atoms with Crippen molar-refractivity contribution in [2.75, 3.05) is 23.3 Å². The van der Waals surface area contributed by atoms with E-state index in [2.05, 4.69) is 20.2 Å². The number of rotatable bonds is 3. The standard InChI is InChI=1S/C16H18N4O/c1-12-4-6-13(7-5-12)16(21)19-14-10-15(18-11-17-14)20-8-2-3-9-20/h4-7,10-11H,2-3,8-9H2,1H3,(H,17,18,19,21). The van der Waals surface area contributed by atoms with Crippen LogP contribution in [0.3, 0.4) is 0 Å². The van der Waals surface area contributed by atoms with Crippen molar-refractivity contribution in [3.8, 4) is 0 Å². The smallest absolute Gasteiger partial charge is 0.256 e. The molecule has 0 bridgehead atoms. The average Bonchev–Trinajstić information content (AvgIpc) is 3.02. The lowest BCUT2D eigenvalue weighted by Crippen LogP contribution is -2.20. The summed E-state index contributed by atoms with van der Waals surface area (Å²) in [5, 5.41) is 2.82. The fraction of sp³-hybridized carbons (Fsp3) is 0.312. The van der Waals surface area contributed by atoms with Crippen molar-refractivity contribution in [3.63, 3.8) is 0 Å². The number of anilines is 2. The van der Waals surface area contributed by atoms with Gasteiger partial charge < -0.3 is 10.2 Å². The van der Waals surface area contributed by atoms with Crippen LogP contribution in [0.2, 0.25) is 0 Å². The zero-order valence-electron chi connectivity index (χ0n) is 12.0. The highest BCUT2D eigenvalue weighted by Gasteiger charge is 2.14. The molecule has 1 fully saturated rings. The van der Waals surface area contributed by atoms with Gasteiger partial charge >= 0.3 is 0 Å². The van der Waals surface area contributed by atoms with Gasteiger partial charge in [0, 0.05) is 24.7 Å². The number of aryl methyl sites for hydroxylation is 1. The quantitative estimate of drug-likeness (QED) is 0.940. The minimum Gasteiger partial charge on any atom is -0.356 e. The molecule has 5 nitrogen and oxygen atoms in total. The molecule has 1 aromatic heterocycles. The fourth-order valence-electron chi connectivity index (χ4n) is 2.43. The number of nitrogens with one attached hydrogen (secondary N) is 1. The molecule has 21 heavy (non-hydrogen) atoms. The van der Waals surface area contributed by atoms with Crippen molar-refractivity contribution in [2.24, 2.45) is 0 Å². The van der Waals surface area contributed by atoms with Crippen LogP contribution in [0.1, 0.15) is 28.8 Å². The zero-order valence-corrected chi connectivity index (χ0v) is 12.0. The molecule has 2 aromatic rings. The molecule has 1 aliphatic heterocycles. The second-order valence-corrected chi connectivity index (χ2v) is 5.28. The van der Waals surface area contributed by atoms with Crippen LogP contribution in [-0.2, 0) is 0 Å². The maximum absolute atomic E-state index is 12.2. The van der Waals surface area contributed by atoms with E-state index < -0.39 is 0 Å². The lowest BCUT2D eigenvalue weighted by molar-refractivity contribution is 0.102. The van der Waals surface area contributed by atoms with Crippen molar-refractivity contribution in [1.29, 1.82) is 0 Å². The van der Waals surface area contributed by atoms with E-state index in [9.17, 15) is 4.79 Å². The first-order chi connectivity index (χ1) is 10.2. The summed E-state index contributed by atoms with van der Waals surface area (Å²) < 4.78 is 0. The Balaban J connectivity index is 1.73. The van der Waals surface area contributed by atoms with Gasteiger partial charge in [0.2, 0.25) is 0 Å². The van der Waals surface area contributed by atoms with Crippen LogP contribution < -0.4 is 10.2 Å². The lowest BCUT2D eigenvalue weighted by atomic mass is 10.1. The van der Waals surface area contributed by atoms with Gasteiger partial charge in [-0.2, -0.15) is 0 Å². The van der Waals surface area contributed by atoms with Gasteiger partial charge in [0.25, 0.3) is 5.91 Å². The number of carbonyl (C=O) groups excluding carboxylic acids is 1. The van der Waals surface area contributed by atoms with E-state index in [0.717, 1.165) is 24.5 Å². The molecule has 0 radical (unpaired) electrons. The van der Waals surface area contributed by atoms with Crippen LogP contribution in [0, 0.1) is 6.92 Å². The van der Waals surface area contributed by atoms with Gasteiger partial charge in [-0.25, -0.2) is 9.97 Å². The predicted molar refractivity (Wildman–Crippen MR) is 82.6 cm³/mol. The molecule has 0 spiro atoms. The Morgan fingerprint density at radius 3 is 2.57 bits per heavy atom. The molecule has 1 saturated heterocycles. The number of amides is 1. The second-order valence-electron chi connectivity index (χ2n) is 5.28. The van der Waals surface area contributed by atoms with Crippen molar-refractivity contribution in [2.45, 2.75) is 19.8 Å². The monoisotopic (exact) mass is 282 g/mol. The molecule has 0 saturated carbocycles. The SMILES string of the molecule is Cc1ccc(C(=O)Nc2cc(N3CCCC3)ncn2)cc1. The van der Waals surface area contributed by atoms with E-state index in [4.69, 9.17) is 0 Å². The predicted octanol–water partition coefficient (Wildman–Crippen LogP) is 2.64. The number of hydrogen-bond acceptors (Lipinski definition) is 4.